The molecular formula is C16H20N2O. The number of pyridine rings is 1. The summed E-state index contributed by atoms with van der Waals surface area (Å²) in [6.45, 7) is 4.87. The van der Waals surface area contributed by atoms with Crippen LogP contribution in [0.4, 0.5) is 0 Å². The van der Waals surface area contributed by atoms with E-state index in [0.29, 0.717) is 12.5 Å². The number of hydrogen-bond acceptors (Lipinski definition) is 3. The first kappa shape index (κ1) is 13.6. The van der Waals surface area contributed by atoms with Gasteiger partial charge in [0.25, 0.3) is 0 Å². The van der Waals surface area contributed by atoms with Gasteiger partial charge in [-0.2, -0.15) is 0 Å². The molecule has 1 aromatic heterocycles. The third-order valence-electron chi connectivity index (χ3n) is 3.38. The van der Waals surface area contributed by atoms with Gasteiger partial charge in [-0.3, -0.25) is 4.98 Å². The van der Waals surface area contributed by atoms with Gasteiger partial charge in [-0.15, -0.1) is 0 Å². The summed E-state index contributed by atoms with van der Waals surface area (Å²) in [6.07, 6.45) is 4.56. The molecule has 0 aliphatic rings. The Hall–Kier alpha value is -1.87. The number of hydrogen-bond donors (Lipinski definition) is 1. The number of nitrogens with two attached hydrogens (primary N) is 1. The third kappa shape index (κ3) is 3.32. The van der Waals surface area contributed by atoms with Crippen LogP contribution in [0.2, 0.25) is 0 Å². The van der Waals surface area contributed by atoms with Gasteiger partial charge in [-0.25, -0.2) is 0 Å². The summed E-state index contributed by atoms with van der Waals surface area (Å²) in [5.41, 5.74) is 7.97. The molecule has 0 aliphatic heterocycles. The highest BCUT2D eigenvalue weighted by Crippen LogP contribution is 2.26. The fourth-order valence-electron chi connectivity index (χ4n) is 1.90. The molecule has 3 heteroatoms. The number of nitrogens with zero attached hydrogens (tertiary/aromatic N) is 1. The Morgan fingerprint density at radius 1 is 1.21 bits per heavy atom. The lowest BCUT2D eigenvalue weighted by atomic mass is 9.99. The minimum absolute atomic E-state index is 0.447. The second kappa shape index (κ2) is 6.34. The van der Waals surface area contributed by atoms with Crippen molar-refractivity contribution in [1.82, 2.24) is 4.98 Å². The van der Waals surface area contributed by atoms with E-state index in [9.17, 15) is 0 Å². The van der Waals surface area contributed by atoms with Crippen LogP contribution >= 0.6 is 0 Å². The van der Waals surface area contributed by atoms with E-state index in [1.807, 2.05) is 18.2 Å². The molecule has 0 radical (unpaired) electrons. The highest BCUT2D eigenvalue weighted by molar-refractivity contribution is 5.37. The first-order valence-corrected chi connectivity index (χ1v) is 6.65. The van der Waals surface area contributed by atoms with Crippen LogP contribution in [-0.4, -0.2) is 4.98 Å². The molecule has 0 aliphatic carbocycles. The van der Waals surface area contributed by atoms with Crippen LogP contribution in [0.5, 0.6) is 11.5 Å². The lowest BCUT2D eigenvalue weighted by molar-refractivity contribution is 0.473. The molecule has 1 atom stereocenters. The Kier molecular flexibility index (Phi) is 4.53. The second-order valence-electron chi connectivity index (χ2n) is 4.67. The molecule has 19 heavy (non-hydrogen) atoms. The maximum absolute atomic E-state index is 5.83. The average Bonchev–Trinajstić information content (AvgIpc) is 2.48. The second-order valence-corrected chi connectivity index (χ2v) is 4.67. The van der Waals surface area contributed by atoms with Crippen LogP contribution in [-0.2, 0) is 6.54 Å². The molecule has 0 saturated carbocycles. The highest BCUT2D eigenvalue weighted by Gasteiger charge is 2.05. The van der Waals surface area contributed by atoms with Gasteiger partial charge in [0.05, 0.1) is 6.20 Å². The summed E-state index contributed by atoms with van der Waals surface area (Å²) >= 11 is 0. The van der Waals surface area contributed by atoms with Gasteiger partial charge < -0.3 is 10.5 Å². The fourth-order valence-corrected chi connectivity index (χ4v) is 1.90. The van der Waals surface area contributed by atoms with E-state index in [0.717, 1.165) is 23.5 Å². The Balaban J connectivity index is 2.15. The van der Waals surface area contributed by atoms with E-state index >= 15 is 0 Å². The van der Waals surface area contributed by atoms with E-state index in [1.54, 1.807) is 12.4 Å². The molecule has 0 saturated heterocycles. The Labute approximate surface area is 114 Å². The van der Waals surface area contributed by atoms with E-state index in [-0.39, 0.29) is 0 Å². The minimum Gasteiger partial charge on any atom is -0.455 e. The van der Waals surface area contributed by atoms with E-state index in [2.05, 4.69) is 31.0 Å². The fraction of sp³-hybridized carbons (Fsp3) is 0.312. The summed E-state index contributed by atoms with van der Waals surface area (Å²) < 4.78 is 5.83. The zero-order valence-corrected chi connectivity index (χ0v) is 11.5. The Bertz CT molecular complexity index is 523. The maximum atomic E-state index is 5.83. The van der Waals surface area contributed by atoms with Crippen molar-refractivity contribution in [3.05, 3.63) is 53.9 Å². The van der Waals surface area contributed by atoms with Crippen molar-refractivity contribution in [2.45, 2.75) is 32.7 Å². The van der Waals surface area contributed by atoms with Crippen molar-refractivity contribution < 1.29 is 4.74 Å². The summed E-state index contributed by atoms with van der Waals surface area (Å²) in [4.78, 5) is 4.07. The lowest BCUT2D eigenvalue weighted by Gasteiger charge is -2.12. The van der Waals surface area contributed by atoms with Gasteiger partial charge >= 0.3 is 0 Å². The maximum Gasteiger partial charge on any atom is 0.150 e. The van der Waals surface area contributed by atoms with E-state index in [1.165, 1.54) is 5.56 Å². The van der Waals surface area contributed by atoms with E-state index in [4.69, 9.17) is 10.5 Å². The molecule has 2 rings (SSSR count). The van der Waals surface area contributed by atoms with Crippen LogP contribution in [0.1, 0.15) is 37.3 Å². The molecule has 1 aromatic carbocycles. The number of rotatable bonds is 5. The van der Waals surface area contributed by atoms with Crippen molar-refractivity contribution in [2.24, 2.45) is 5.73 Å². The van der Waals surface area contributed by atoms with Crippen LogP contribution in [0.3, 0.4) is 0 Å². The summed E-state index contributed by atoms with van der Waals surface area (Å²) in [5.74, 6) is 2.11. The quantitative estimate of drug-likeness (QED) is 0.884. The standard InChI is InChI=1S/C16H20N2O/c1-3-12(2)13-4-6-15(7-5-13)19-16-11-18-9-8-14(16)10-17/h4-9,11-12H,3,10,17H2,1-2H3. The smallest absolute Gasteiger partial charge is 0.150 e. The zero-order valence-electron chi connectivity index (χ0n) is 11.5. The van der Waals surface area contributed by atoms with E-state index < -0.39 is 0 Å². The number of aromatic nitrogens is 1. The number of benzene rings is 1. The van der Waals surface area contributed by atoms with Crippen molar-refractivity contribution in [2.75, 3.05) is 0 Å². The number of ether oxygens (including phenoxy) is 1. The Morgan fingerprint density at radius 3 is 2.58 bits per heavy atom. The van der Waals surface area contributed by atoms with Gasteiger partial charge in [-0.1, -0.05) is 26.0 Å². The molecule has 0 amide bonds. The highest BCUT2D eigenvalue weighted by atomic mass is 16.5. The zero-order chi connectivity index (χ0) is 13.7. The Morgan fingerprint density at radius 2 is 1.95 bits per heavy atom. The summed E-state index contributed by atoms with van der Waals surface area (Å²) in [6, 6.07) is 10.1. The van der Waals surface area contributed by atoms with Crippen LogP contribution in [0.25, 0.3) is 0 Å². The molecule has 0 fully saturated rings. The first-order chi connectivity index (χ1) is 9.24. The van der Waals surface area contributed by atoms with Gasteiger partial charge in [0.1, 0.15) is 11.5 Å². The predicted octanol–water partition coefficient (Wildman–Crippen LogP) is 3.85. The van der Waals surface area contributed by atoms with Crippen molar-refractivity contribution in [1.29, 1.82) is 0 Å². The monoisotopic (exact) mass is 256 g/mol. The van der Waals surface area contributed by atoms with Gasteiger partial charge in [0, 0.05) is 18.3 Å². The summed E-state index contributed by atoms with van der Waals surface area (Å²) in [7, 11) is 0. The lowest BCUT2D eigenvalue weighted by Crippen LogP contribution is -2.00. The molecule has 2 N–H and O–H groups in total. The van der Waals surface area contributed by atoms with Gasteiger partial charge in [-0.05, 0) is 36.1 Å². The van der Waals surface area contributed by atoms with Crippen LogP contribution in [0, 0.1) is 0 Å². The molecule has 0 spiro atoms. The molecule has 3 nitrogen and oxygen atoms in total. The summed E-state index contributed by atoms with van der Waals surface area (Å²) in [5, 5.41) is 0. The topological polar surface area (TPSA) is 48.1 Å². The first-order valence-electron chi connectivity index (χ1n) is 6.65. The van der Waals surface area contributed by atoms with Crippen LogP contribution in [0.15, 0.2) is 42.7 Å². The van der Waals surface area contributed by atoms with Gasteiger partial charge in [0.15, 0.2) is 0 Å². The van der Waals surface area contributed by atoms with Crippen molar-refractivity contribution in [3.63, 3.8) is 0 Å². The third-order valence-corrected chi connectivity index (χ3v) is 3.38. The molecular weight excluding hydrogens is 236 g/mol. The van der Waals surface area contributed by atoms with Gasteiger partial charge in [0.2, 0.25) is 0 Å². The molecule has 1 unspecified atom stereocenters. The largest absolute Gasteiger partial charge is 0.455 e. The molecule has 100 valence electrons. The minimum atomic E-state index is 0.447. The molecule has 0 bridgehead atoms. The average molecular weight is 256 g/mol. The van der Waals surface area contributed by atoms with Crippen molar-refractivity contribution in [3.8, 4) is 11.5 Å². The normalized spacial score (nSPS) is 12.2. The van der Waals surface area contributed by atoms with Crippen LogP contribution < -0.4 is 10.5 Å². The molecule has 1 heterocycles. The predicted molar refractivity (Wildman–Crippen MR) is 77.4 cm³/mol. The van der Waals surface area contributed by atoms with Crippen molar-refractivity contribution >= 4 is 0 Å². The SMILES string of the molecule is CCC(C)c1ccc(Oc2cnccc2CN)cc1. The molecule has 2 aromatic rings.